The molecule has 4 rings (SSSR count). The van der Waals surface area contributed by atoms with Crippen LogP contribution in [0.15, 0.2) is 6.07 Å². The normalized spacial score (nSPS) is 30.8. The molecule has 3 N–H and O–H groups in total. The summed E-state index contributed by atoms with van der Waals surface area (Å²) in [7, 11) is 1.99. The van der Waals surface area contributed by atoms with Gasteiger partial charge >= 0.3 is 0 Å². The Kier molecular flexibility index (Phi) is 3.66. The topological polar surface area (TPSA) is 76.3 Å². The summed E-state index contributed by atoms with van der Waals surface area (Å²) in [5, 5.41) is 3.27. The van der Waals surface area contributed by atoms with Crippen LogP contribution in [0.3, 0.4) is 0 Å². The number of rotatable bonds is 5. The molecule has 22 heavy (non-hydrogen) atoms. The predicted octanol–water partition coefficient (Wildman–Crippen LogP) is 1.17. The van der Waals surface area contributed by atoms with Crippen LogP contribution in [0.25, 0.3) is 0 Å². The number of nitrogens with one attached hydrogen (secondary N) is 1. The van der Waals surface area contributed by atoms with Crippen LogP contribution in [0.5, 0.6) is 0 Å². The third kappa shape index (κ3) is 2.65. The Bertz CT molecular complexity index is 545. The van der Waals surface area contributed by atoms with Crippen LogP contribution in [0.4, 0.5) is 11.8 Å². The first-order valence-electron chi connectivity index (χ1n) is 8.38. The Morgan fingerprint density at radius 2 is 2.18 bits per heavy atom. The minimum absolute atomic E-state index is 0.344. The molecule has 0 amide bonds. The zero-order valence-electron chi connectivity index (χ0n) is 13.2. The number of fused-ring (bicyclic) bond motifs is 2. The van der Waals surface area contributed by atoms with Gasteiger partial charge in [0.15, 0.2) is 0 Å². The molecule has 3 atom stereocenters. The molecule has 0 radical (unpaired) electrons. The summed E-state index contributed by atoms with van der Waals surface area (Å²) in [6.07, 6.45) is 5.76. The molecule has 2 heterocycles. The maximum absolute atomic E-state index is 6.13. The summed E-state index contributed by atoms with van der Waals surface area (Å²) in [5.74, 6) is 2.94. The van der Waals surface area contributed by atoms with Crippen LogP contribution in [-0.2, 0) is 11.3 Å². The lowest BCUT2D eigenvalue weighted by molar-refractivity contribution is 0.00371. The van der Waals surface area contributed by atoms with E-state index in [4.69, 9.17) is 10.5 Å². The smallest absolute Gasteiger partial charge is 0.222 e. The van der Waals surface area contributed by atoms with E-state index in [1.807, 2.05) is 13.1 Å². The quantitative estimate of drug-likeness (QED) is 0.850. The van der Waals surface area contributed by atoms with Gasteiger partial charge < -0.3 is 20.7 Å². The van der Waals surface area contributed by atoms with Gasteiger partial charge in [0.25, 0.3) is 0 Å². The second-order valence-corrected chi connectivity index (χ2v) is 6.99. The number of nitrogens with zero attached hydrogens (tertiary/aromatic N) is 3. The molecule has 1 aromatic heterocycles. The zero-order valence-corrected chi connectivity index (χ0v) is 13.2. The fourth-order valence-corrected chi connectivity index (χ4v) is 4.17. The van der Waals surface area contributed by atoms with Gasteiger partial charge in [0.05, 0.1) is 18.4 Å². The van der Waals surface area contributed by atoms with Gasteiger partial charge in [-0.15, -0.1) is 0 Å². The Balaban J connectivity index is 1.38. The van der Waals surface area contributed by atoms with Crippen LogP contribution in [0.2, 0.25) is 0 Å². The van der Waals surface area contributed by atoms with E-state index in [9.17, 15) is 0 Å². The third-order valence-corrected chi connectivity index (χ3v) is 5.52. The van der Waals surface area contributed by atoms with Gasteiger partial charge in [0, 0.05) is 25.2 Å². The number of nitrogens with two attached hydrogens (primary N) is 1. The average molecular weight is 303 g/mol. The fourth-order valence-electron chi connectivity index (χ4n) is 4.17. The Labute approximate surface area is 131 Å². The van der Waals surface area contributed by atoms with Crippen molar-refractivity contribution >= 4 is 11.8 Å². The number of hydrogen-bond donors (Lipinski definition) is 2. The molecule has 3 fully saturated rings. The van der Waals surface area contributed by atoms with E-state index < -0.39 is 0 Å². The van der Waals surface area contributed by atoms with Gasteiger partial charge in [-0.05, 0) is 44.6 Å². The van der Waals surface area contributed by atoms with E-state index >= 15 is 0 Å². The van der Waals surface area contributed by atoms with Crippen LogP contribution in [-0.4, -0.2) is 42.3 Å². The molecule has 1 saturated heterocycles. The van der Waals surface area contributed by atoms with E-state index in [0.29, 0.717) is 24.7 Å². The lowest BCUT2D eigenvalue weighted by Crippen LogP contribution is -2.57. The Morgan fingerprint density at radius 3 is 2.86 bits per heavy atom. The number of nitrogen functional groups attached to an aromatic ring is 1. The summed E-state index contributed by atoms with van der Waals surface area (Å²) in [4.78, 5) is 10.9. The molecule has 0 unspecified atom stereocenters. The van der Waals surface area contributed by atoms with E-state index in [0.717, 1.165) is 36.4 Å². The van der Waals surface area contributed by atoms with E-state index in [1.54, 1.807) is 0 Å². The first-order valence-corrected chi connectivity index (χ1v) is 8.38. The molecule has 0 spiro atoms. The highest BCUT2D eigenvalue weighted by Crippen LogP contribution is 2.46. The molecule has 6 heteroatoms. The highest BCUT2D eigenvalue weighted by molar-refractivity contribution is 5.46. The largest absolute Gasteiger partial charge is 0.372 e. The van der Waals surface area contributed by atoms with Crippen molar-refractivity contribution in [2.24, 2.45) is 11.8 Å². The molecule has 2 aliphatic carbocycles. The second kappa shape index (κ2) is 5.66. The molecule has 6 nitrogen and oxygen atoms in total. The van der Waals surface area contributed by atoms with Gasteiger partial charge in [-0.3, -0.25) is 0 Å². The third-order valence-electron chi connectivity index (χ3n) is 5.52. The van der Waals surface area contributed by atoms with Gasteiger partial charge in [-0.25, -0.2) is 4.98 Å². The maximum atomic E-state index is 6.13. The molecule has 2 saturated carbocycles. The molecule has 1 aliphatic heterocycles. The first kappa shape index (κ1) is 14.2. The summed E-state index contributed by atoms with van der Waals surface area (Å²) in [6.45, 7) is 2.50. The van der Waals surface area contributed by atoms with Gasteiger partial charge in [-0.2, -0.15) is 4.98 Å². The average Bonchev–Trinajstić information content (AvgIpc) is 3.06. The number of aromatic nitrogens is 2. The molecular weight excluding hydrogens is 278 g/mol. The maximum Gasteiger partial charge on any atom is 0.222 e. The standard InChI is InChI=1S/C16H25N5O/c1-18-13-7-21(8-13)15-6-12(19-16(17)20-15)9-22-14-5-10-2-3-11(14)4-10/h6,10-11,13-14,18H,2-5,7-9H2,1H3,(H2,17,19,20)/t10-,11-,14+/m0/s1. The van der Waals surface area contributed by atoms with Crippen LogP contribution >= 0.6 is 0 Å². The van der Waals surface area contributed by atoms with Crippen LogP contribution in [0.1, 0.15) is 31.4 Å². The van der Waals surface area contributed by atoms with Crippen molar-refractivity contribution in [3.05, 3.63) is 11.8 Å². The van der Waals surface area contributed by atoms with Crippen LogP contribution < -0.4 is 16.0 Å². The van der Waals surface area contributed by atoms with E-state index in [2.05, 4.69) is 20.2 Å². The SMILES string of the molecule is CNC1CN(c2cc(CO[C@@H]3C[C@H]4CC[C@H]3C4)nc(N)n2)C1. The van der Waals surface area contributed by atoms with Crippen molar-refractivity contribution in [1.82, 2.24) is 15.3 Å². The number of hydrogen-bond acceptors (Lipinski definition) is 6. The van der Waals surface area contributed by atoms with Crippen molar-refractivity contribution < 1.29 is 4.74 Å². The number of ether oxygens (including phenoxy) is 1. The van der Waals surface area contributed by atoms with Gasteiger partial charge in [0.1, 0.15) is 5.82 Å². The summed E-state index contributed by atoms with van der Waals surface area (Å²) in [6, 6.07) is 2.57. The fraction of sp³-hybridized carbons (Fsp3) is 0.750. The molecular formula is C16H25N5O. The molecule has 120 valence electrons. The van der Waals surface area contributed by atoms with Crippen molar-refractivity contribution in [1.29, 1.82) is 0 Å². The van der Waals surface area contributed by atoms with Gasteiger partial charge in [0.2, 0.25) is 5.95 Å². The zero-order chi connectivity index (χ0) is 15.1. The minimum Gasteiger partial charge on any atom is -0.372 e. The molecule has 1 aromatic rings. The predicted molar refractivity (Wildman–Crippen MR) is 85.5 cm³/mol. The lowest BCUT2D eigenvalue weighted by Gasteiger charge is -2.40. The van der Waals surface area contributed by atoms with E-state index in [1.165, 1.54) is 25.7 Å². The Morgan fingerprint density at radius 1 is 1.32 bits per heavy atom. The lowest BCUT2D eigenvalue weighted by atomic mass is 9.98. The molecule has 2 bridgehead atoms. The monoisotopic (exact) mass is 303 g/mol. The number of likely N-dealkylation sites (N-methyl/N-ethyl adjacent to an activating group) is 1. The molecule has 0 aromatic carbocycles. The highest BCUT2D eigenvalue weighted by atomic mass is 16.5. The summed E-state index contributed by atoms with van der Waals surface area (Å²) < 4.78 is 6.13. The van der Waals surface area contributed by atoms with Crippen molar-refractivity contribution in [2.75, 3.05) is 30.8 Å². The number of anilines is 2. The second-order valence-electron chi connectivity index (χ2n) is 6.99. The van der Waals surface area contributed by atoms with Crippen LogP contribution in [0, 0.1) is 11.8 Å². The Hall–Kier alpha value is -1.40. The highest BCUT2D eigenvalue weighted by Gasteiger charge is 2.40. The molecule has 3 aliphatic rings. The minimum atomic E-state index is 0.344. The summed E-state index contributed by atoms with van der Waals surface area (Å²) >= 11 is 0. The van der Waals surface area contributed by atoms with Crippen molar-refractivity contribution in [2.45, 2.75) is 44.4 Å². The van der Waals surface area contributed by atoms with Crippen molar-refractivity contribution in [3.8, 4) is 0 Å². The van der Waals surface area contributed by atoms with Gasteiger partial charge in [-0.1, -0.05) is 0 Å². The first-order chi connectivity index (χ1) is 10.7. The summed E-state index contributed by atoms with van der Waals surface area (Å²) in [5.41, 5.74) is 6.77. The van der Waals surface area contributed by atoms with Crippen molar-refractivity contribution in [3.63, 3.8) is 0 Å². The van der Waals surface area contributed by atoms with E-state index in [-0.39, 0.29) is 0 Å².